The summed E-state index contributed by atoms with van der Waals surface area (Å²) < 4.78 is 21.8. The largest absolute Gasteiger partial charge is 0.485 e. The van der Waals surface area contributed by atoms with Crippen LogP contribution < -0.4 is 10.1 Å². The van der Waals surface area contributed by atoms with Crippen LogP contribution in [0, 0.1) is 5.82 Å². The van der Waals surface area contributed by atoms with Crippen molar-refractivity contribution < 1.29 is 13.9 Å². The number of aromatic nitrogens is 3. The average molecular weight is 483 g/mol. The first-order chi connectivity index (χ1) is 16.0. The minimum Gasteiger partial charge on any atom is -0.485 e. The van der Waals surface area contributed by atoms with E-state index in [1.54, 1.807) is 6.08 Å². The fourth-order valence-electron chi connectivity index (χ4n) is 3.22. The number of nitrogens with zero attached hydrogens (tertiary/aromatic N) is 3. The van der Waals surface area contributed by atoms with Crippen LogP contribution in [0.15, 0.2) is 78.5 Å². The summed E-state index contributed by atoms with van der Waals surface area (Å²) in [6.07, 6.45) is 1.72. The summed E-state index contributed by atoms with van der Waals surface area (Å²) in [4.78, 5) is 12.3. The SMILES string of the molecule is C=CCn1c(COc2cccc3ccccc23)nnc1SCC(=O)Nc1ccc(Cl)cc1F. The first-order valence-corrected chi connectivity index (χ1v) is 11.4. The second kappa shape index (κ2) is 10.5. The highest BCUT2D eigenvalue weighted by Crippen LogP contribution is 2.26. The molecule has 1 heterocycles. The van der Waals surface area contributed by atoms with Gasteiger partial charge in [0.1, 0.15) is 18.2 Å². The maximum Gasteiger partial charge on any atom is 0.234 e. The summed E-state index contributed by atoms with van der Waals surface area (Å²) in [7, 11) is 0. The van der Waals surface area contributed by atoms with Crippen LogP contribution >= 0.6 is 23.4 Å². The Morgan fingerprint density at radius 3 is 2.82 bits per heavy atom. The van der Waals surface area contributed by atoms with Gasteiger partial charge in [-0.3, -0.25) is 9.36 Å². The number of hydrogen-bond acceptors (Lipinski definition) is 5. The normalized spacial score (nSPS) is 10.8. The first kappa shape index (κ1) is 22.8. The number of benzene rings is 3. The summed E-state index contributed by atoms with van der Waals surface area (Å²) in [6, 6.07) is 17.9. The fourth-order valence-corrected chi connectivity index (χ4v) is 4.14. The number of fused-ring (bicyclic) bond motifs is 1. The van der Waals surface area contributed by atoms with Gasteiger partial charge in [-0.1, -0.05) is 65.8 Å². The van der Waals surface area contributed by atoms with Crippen LogP contribution in [0.4, 0.5) is 10.1 Å². The Hall–Kier alpha value is -3.36. The minimum absolute atomic E-state index is 0.0293. The number of anilines is 1. The topological polar surface area (TPSA) is 69.0 Å². The molecule has 0 aliphatic rings. The van der Waals surface area contributed by atoms with E-state index in [0.29, 0.717) is 17.5 Å². The number of allylic oxidation sites excluding steroid dienone is 1. The van der Waals surface area contributed by atoms with Gasteiger partial charge in [-0.2, -0.15) is 0 Å². The number of nitrogens with one attached hydrogen (secondary N) is 1. The minimum atomic E-state index is -0.594. The second-order valence-corrected chi connectivity index (χ2v) is 8.40. The third-order valence-electron chi connectivity index (χ3n) is 4.75. The van der Waals surface area contributed by atoms with E-state index in [1.165, 1.54) is 23.9 Å². The van der Waals surface area contributed by atoms with E-state index in [9.17, 15) is 9.18 Å². The van der Waals surface area contributed by atoms with E-state index >= 15 is 0 Å². The lowest BCUT2D eigenvalue weighted by molar-refractivity contribution is -0.113. The quantitative estimate of drug-likeness (QED) is 0.244. The van der Waals surface area contributed by atoms with Gasteiger partial charge in [-0.05, 0) is 29.7 Å². The van der Waals surface area contributed by atoms with Crippen molar-refractivity contribution in [2.45, 2.75) is 18.3 Å². The third-order valence-corrected chi connectivity index (χ3v) is 5.95. The first-order valence-electron chi connectivity index (χ1n) is 10.1. The highest BCUT2D eigenvalue weighted by Gasteiger charge is 2.15. The third kappa shape index (κ3) is 5.53. The molecule has 33 heavy (non-hydrogen) atoms. The molecule has 9 heteroatoms. The summed E-state index contributed by atoms with van der Waals surface area (Å²) in [5, 5.41) is 13.9. The number of rotatable bonds is 9. The zero-order valence-electron chi connectivity index (χ0n) is 17.5. The maximum atomic E-state index is 13.9. The van der Waals surface area contributed by atoms with Gasteiger partial charge in [-0.25, -0.2) is 4.39 Å². The van der Waals surface area contributed by atoms with Crippen molar-refractivity contribution in [3.8, 4) is 5.75 Å². The van der Waals surface area contributed by atoms with E-state index in [-0.39, 0.29) is 29.0 Å². The van der Waals surface area contributed by atoms with Gasteiger partial charge < -0.3 is 10.1 Å². The zero-order valence-corrected chi connectivity index (χ0v) is 19.1. The number of halogens is 2. The van der Waals surface area contributed by atoms with Crippen molar-refractivity contribution in [2.75, 3.05) is 11.1 Å². The molecule has 0 saturated heterocycles. The van der Waals surface area contributed by atoms with Gasteiger partial charge in [-0.15, -0.1) is 16.8 Å². The van der Waals surface area contributed by atoms with Gasteiger partial charge in [0.05, 0.1) is 11.4 Å². The highest BCUT2D eigenvalue weighted by atomic mass is 35.5. The van der Waals surface area contributed by atoms with Crippen molar-refractivity contribution >= 4 is 45.7 Å². The molecule has 1 aromatic heterocycles. The van der Waals surface area contributed by atoms with Crippen LogP contribution in [0.3, 0.4) is 0 Å². The lowest BCUT2D eigenvalue weighted by Gasteiger charge is -2.11. The van der Waals surface area contributed by atoms with Gasteiger partial charge in [0.15, 0.2) is 11.0 Å². The lowest BCUT2D eigenvalue weighted by Crippen LogP contribution is -2.16. The Balaban J connectivity index is 1.43. The molecule has 4 aromatic rings. The van der Waals surface area contributed by atoms with Crippen LogP contribution in [0.2, 0.25) is 5.02 Å². The predicted molar refractivity (Wildman–Crippen MR) is 129 cm³/mol. The molecule has 0 spiro atoms. The Kier molecular flexibility index (Phi) is 7.26. The summed E-state index contributed by atoms with van der Waals surface area (Å²) in [5.41, 5.74) is 0.0711. The van der Waals surface area contributed by atoms with Crippen LogP contribution in [0.1, 0.15) is 5.82 Å². The van der Waals surface area contributed by atoms with Gasteiger partial charge in [0.2, 0.25) is 5.91 Å². The molecule has 0 aliphatic heterocycles. The molecule has 0 unspecified atom stereocenters. The lowest BCUT2D eigenvalue weighted by atomic mass is 10.1. The summed E-state index contributed by atoms with van der Waals surface area (Å²) in [6.45, 7) is 4.45. The molecule has 0 bridgehead atoms. The summed E-state index contributed by atoms with van der Waals surface area (Å²) >= 11 is 6.94. The highest BCUT2D eigenvalue weighted by molar-refractivity contribution is 7.99. The molecule has 168 valence electrons. The molecule has 1 amide bonds. The molecule has 6 nitrogen and oxygen atoms in total. The van der Waals surface area contributed by atoms with Gasteiger partial charge in [0, 0.05) is 17.0 Å². The number of carbonyl (C=O) groups is 1. The maximum absolute atomic E-state index is 13.9. The van der Waals surface area contributed by atoms with Crippen molar-refractivity contribution in [2.24, 2.45) is 0 Å². The second-order valence-electron chi connectivity index (χ2n) is 7.03. The average Bonchev–Trinajstić information content (AvgIpc) is 3.20. The van der Waals surface area contributed by atoms with Crippen molar-refractivity contribution in [3.05, 3.63) is 90.0 Å². The number of carbonyl (C=O) groups excluding carboxylic acids is 1. The Labute approximate surface area is 199 Å². The van der Waals surface area contributed by atoms with Crippen molar-refractivity contribution in [1.29, 1.82) is 0 Å². The monoisotopic (exact) mass is 482 g/mol. The van der Waals surface area contributed by atoms with E-state index in [2.05, 4.69) is 22.1 Å². The molecule has 4 rings (SSSR count). The standard InChI is InChI=1S/C24H20ClFN4O2S/c1-2-12-30-22(14-32-21-9-5-7-16-6-3-4-8-18(16)21)28-29-24(30)33-15-23(31)27-20-11-10-17(25)13-19(20)26/h2-11,13H,1,12,14-15H2,(H,27,31). The molecule has 3 aromatic carbocycles. The van der Waals surface area contributed by atoms with Crippen molar-refractivity contribution in [1.82, 2.24) is 14.8 Å². The molecular weight excluding hydrogens is 463 g/mol. The Morgan fingerprint density at radius 1 is 1.18 bits per heavy atom. The predicted octanol–water partition coefficient (Wildman–Crippen LogP) is 5.72. The number of amides is 1. The fraction of sp³-hybridized carbons (Fsp3) is 0.125. The van der Waals surface area contributed by atoms with Crippen LogP contribution in [0.25, 0.3) is 10.8 Å². The number of ether oxygens (including phenoxy) is 1. The zero-order chi connectivity index (χ0) is 23.2. The molecule has 0 fully saturated rings. The van der Waals surface area contributed by atoms with Crippen LogP contribution in [-0.4, -0.2) is 26.4 Å². The summed E-state index contributed by atoms with van der Waals surface area (Å²) in [5.74, 6) is 0.419. The van der Waals surface area contributed by atoms with Crippen molar-refractivity contribution in [3.63, 3.8) is 0 Å². The Morgan fingerprint density at radius 2 is 2.00 bits per heavy atom. The molecule has 0 aliphatic carbocycles. The number of hydrogen-bond donors (Lipinski definition) is 1. The van der Waals surface area contributed by atoms with Gasteiger partial charge >= 0.3 is 0 Å². The van der Waals surface area contributed by atoms with E-state index in [0.717, 1.165) is 22.6 Å². The van der Waals surface area contributed by atoms with Gasteiger partial charge in [0.25, 0.3) is 0 Å². The molecule has 0 radical (unpaired) electrons. The Bertz CT molecular complexity index is 1310. The molecule has 0 saturated carbocycles. The number of thioether (sulfide) groups is 1. The van der Waals surface area contributed by atoms with E-state index in [1.807, 2.05) is 47.0 Å². The van der Waals surface area contributed by atoms with Crippen LogP contribution in [-0.2, 0) is 17.9 Å². The molecule has 0 atom stereocenters. The molecular formula is C24H20ClFN4O2S. The molecule has 1 N–H and O–H groups in total. The van der Waals surface area contributed by atoms with Crippen LogP contribution in [0.5, 0.6) is 5.75 Å². The smallest absolute Gasteiger partial charge is 0.234 e. The van der Waals surface area contributed by atoms with E-state index in [4.69, 9.17) is 16.3 Å². The van der Waals surface area contributed by atoms with E-state index < -0.39 is 5.82 Å².